The van der Waals surface area contributed by atoms with Gasteiger partial charge < -0.3 is 9.50 Å². The molecule has 0 amide bonds. The Bertz CT molecular complexity index is 995. The maximum atomic E-state index is 13.0. The van der Waals surface area contributed by atoms with Gasteiger partial charge in [-0.2, -0.15) is 22.8 Å². The Labute approximate surface area is 169 Å². The van der Waals surface area contributed by atoms with E-state index in [9.17, 15) is 13.2 Å². The number of aromatic nitrogens is 4. The second kappa shape index (κ2) is 8.17. The van der Waals surface area contributed by atoms with Gasteiger partial charge in [0.1, 0.15) is 11.5 Å². The zero-order valence-electron chi connectivity index (χ0n) is 15.3. The lowest BCUT2D eigenvalue weighted by Gasteiger charge is -2.15. The number of pyridine rings is 1. The summed E-state index contributed by atoms with van der Waals surface area (Å²) in [4.78, 5) is 7.67. The number of rotatable bonds is 6. The van der Waals surface area contributed by atoms with E-state index < -0.39 is 11.9 Å². The van der Waals surface area contributed by atoms with Gasteiger partial charge in [-0.15, -0.1) is 0 Å². The highest BCUT2D eigenvalue weighted by Crippen LogP contribution is 2.31. The van der Waals surface area contributed by atoms with Crippen LogP contribution in [0, 0.1) is 5.92 Å². The van der Waals surface area contributed by atoms with Gasteiger partial charge in [-0.25, -0.2) is 4.98 Å². The predicted octanol–water partition coefficient (Wildman–Crippen LogP) is 3.93. The molecule has 3 aromatic heterocycles. The number of nitrogens with zero attached hydrogens (tertiary/aromatic N) is 4. The zero-order chi connectivity index (χ0) is 20.4. The molecule has 2 atom stereocenters. The first-order valence-corrected chi connectivity index (χ1v) is 9.88. The summed E-state index contributed by atoms with van der Waals surface area (Å²) in [5.41, 5.74) is 0.333. The summed E-state index contributed by atoms with van der Waals surface area (Å²) in [7, 11) is 0. The van der Waals surface area contributed by atoms with Crippen molar-refractivity contribution in [1.82, 2.24) is 19.6 Å². The molecule has 0 saturated heterocycles. The molecule has 1 saturated carbocycles. The number of nitrogens with two attached hydrogens (primary N) is 1. The number of hydrogen-bond donors (Lipinski definition) is 2. The number of nitrogens with one attached hydrogen (secondary N) is 1. The van der Waals surface area contributed by atoms with Crippen LogP contribution in [0.5, 0.6) is 0 Å². The molecular weight excluding hydrogens is 405 g/mol. The van der Waals surface area contributed by atoms with Gasteiger partial charge >= 0.3 is 6.18 Å². The topological polar surface area (TPSA) is 90.4 Å². The lowest BCUT2D eigenvalue weighted by atomic mass is 10.1. The Morgan fingerprint density at radius 3 is 2.83 bits per heavy atom. The molecule has 0 spiro atoms. The summed E-state index contributed by atoms with van der Waals surface area (Å²) < 4.78 is 45.7. The number of fused-ring (bicyclic) bond motifs is 1. The molecule has 1 fully saturated rings. The van der Waals surface area contributed by atoms with Gasteiger partial charge in [0.15, 0.2) is 5.65 Å². The third kappa shape index (κ3) is 4.46. The lowest BCUT2D eigenvalue weighted by Crippen LogP contribution is -2.18. The van der Waals surface area contributed by atoms with E-state index in [2.05, 4.69) is 20.4 Å². The third-order valence-electron chi connectivity index (χ3n) is 4.97. The lowest BCUT2D eigenvalue weighted by molar-refractivity contribution is -0.141. The Kier molecular flexibility index (Phi) is 5.61. The average molecular weight is 424 g/mol. The molecule has 29 heavy (non-hydrogen) atoms. The van der Waals surface area contributed by atoms with Crippen molar-refractivity contribution in [3.63, 3.8) is 0 Å². The SMILES string of the molecule is NSOCC1CCC(Nc2ccnc3cc(-c4ccnc(C(F)(F)F)c4)nn23)C1. The van der Waals surface area contributed by atoms with Crippen LogP contribution in [0.25, 0.3) is 16.9 Å². The van der Waals surface area contributed by atoms with Gasteiger partial charge in [-0.1, -0.05) is 0 Å². The quantitative estimate of drug-likeness (QED) is 0.458. The highest BCUT2D eigenvalue weighted by molar-refractivity contribution is 7.92. The normalized spacial score (nSPS) is 19.7. The van der Waals surface area contributed by atoms with Crippen LogP contribution in [0.4, 0.5) is 19.0 Å². The van der Waals surface area contributed by atoms with E-state index in [1.54, 1.807) is 22.8 Å². The van der Waals surface area contributed by atoms with Crippen LogP contribution in [0.2, 0.25) is 0 Å². The number of alkyl halides is 3. The van der Waals surface area contributed by atoms with Crippen molar-refractivity contribution >= 4 is 23.7 Å². The Hall–Kier alpha value is -2.37. The predicted molar refractivity (Wildman–Crippen MR) is 104 cm³/mol. The molecule has 1 aliphatic rings. The van der Waals surface area contributed by atoms with Gasteiger partial charge in [-0.05, 0) is 43.4 Å². The maximum Gasteiger partial charge on any atom is 0.433 e. The monoisotopic (exact) mass is 424 g/mol. The third-order valence-corrected chi connectivity index (χ3v) is 5.24. The van der Waals surface area contributed by atoms with E-state index in [-0.39, 0.29) is 6.04 Å². The van der Waals surface area contributed by atoms with E-state index in [0.717, 1.165) is 49.6 Å². The standard InChI is InChI=1S/C18H19F3N6OS/c19-18(20,21)15-8-12(3-5-23-15)14-9-17-24-6-4-16(27(17)26-14)25-13-2-1-11(7-13)10-28-29-22/h3-6,8-9,11,13,25H,1-2,7,10,22H2. The summed E-state index contributed by atoms with van der Waals surface area (Å²) in [5, 5.41) is 13.2. The van der Waals surface area contributed by atoms with Crippen molar-refractivity contribution in [1.29, 1.82) is 0 Å². The first-order valence-electron chi connectivity index (χ1n) is 9.07. The molecule has 0 bridgehead atoms. The van der Waals surface area contributed by atoms with Crippen LogP contribution < -0.4 is 10.5 Å². The second-order valence-corrected chi connectivity index (χ2v) is 7.39. The molecule has 3 N–H and O–H groups in total. The van der Waals surface area contributed by atoms with Crippen molar-refractivity contribution in [3.8, 4) is 11.3 Å². The number of hydrogen-bond acceptors (Lipinski definition) is 7. The molecule has 3 aromatic rings. The fraction of sp³-hybridized carbons (Fsp3) is 0.389. The molecule has 0 radical (unpaired) electrons. The molecule has 0 aliphatic heterocycles. The van der Waals surface area contributed by atoms with Crippen molar-refractivity contribution < 1.29 is 17.4 Å². The van der Waals surface area contributed by atoms with E-state index in [1.807, 2.05) is 0 Å². The van der Waals surface area contributed by atoms with Gasteiger partial charge in [0, 0.05) is 30.1 Å². The van der Waals surface area contributed by atoms with Gasteiger partial charge in [-0.3, -0.25) is 10.1 Å². The highest BCUT2D eigenvalue weighted by Gasteiger charge is 2.32. The van der Waals surface area contributed by atoms with Gasteiger partial charge in [0.2, 0.25) is 0 Å². The van der Waals surface area contributed by atoms with Crippen molar-refractivity contribution in [2.24, 2.45) is 11.1 Å². The molecule has 2 unspecified atom stereocenters. The molecule has 0 aromatic carbocycles. The minimum Gasteiger partial charge on any atom is -0.367 e. The Balaban J connectivity index is 1.57. The minimum absolute atomic E-state index is 0.252. The van der Waals surface area contributed by atoms with E-state index in [0.29, 0.717) is 29.4 Å². The van der Waals surface area contributed by atoms with E-state index in [4.69, 9.17) is 9.32 Å². The van der Waals surface area contributed by atoms with Crippen LogP contribution in [0.15, 0.2) is 36.7 Å². The van der Waals surface area contributed by atoms with E-state index in [1.165, 1.54) is 6.07 Å². The fourth-order valence-corrected chi connectivity index (χ4v) is 3.86. The number of halogens is 3. The first kappa shape index (κ1) is 19.9. The molecule has 4 rings (SSSR count). The molecule has 11 heteroatoms. The van der Waals surface area contributed by atoms with Crippen molar-refractivity contribution in [2.75, 3.05) is 11.9 Å². The summed E-state index contributed by atoms with van der Waals surface area (Å²) in [5.74, 6) is 1.18. The first-order chi connectivity index (χ1) is 13.9. The summed E-state index contributed by atoms with van der Waals surface area (Å²) in [6.07, 6.45) is 1.24. The van der Waals surface area contributed by atoms with Gasteiger partial charge in [0.25, 0.3) is 0 Å². The van der Waals surface area contributed by atoms with Gasteiger partial charge in [0.05, 0.1) is 24.5 Å². The fourth-order valence-electron chi connectivity index (χ4n) is 3.59. The second-order valence-electron chi connectivity index (χ2n) is 6.96. The molecule has 154 valence electrons. The van der Waals surface area contributed by atoms with Crippen LogP contribution in [-0.4, -0.2) is 32.2 Å². The molecule has 1 aliphatic carbocycles. The maximum absolute atomic E-state index is 13.0. The van der Waals surface area contributed by atoms with Crippen LogP contribution >= 0.6 is 12.2 Å². The smallest absolute Gasteiger partial charge is 0.367 e. The summed E-state index contributed by atoms with van der Waals surface area (Å²) in [6.45, 7) is 0.612. The van der Waals surface area contributed by atoms with Crippen LogP contribution in [0.1, 0.15) is 25.0 Å². The summed E-state index contributed by atoms with van der Waals surface area (Å²) >= 11 is 0.881. The minimum atomic E-state index is -4.51. The zero-order valence-corrected chi connectivity index (χ0v) is 16.1. The van der Waals surface area contributed by atoms with Crippen LogP contribution in [0.3, 0.4) is 0 Å². The van der Waals surface area contributed by atoms with E-state index >= 15 is 0 Å². The summed E-state index contributed by atoms with van der Waals surface area (Å²) in [6, 6.07) is 6.21. The average Bonchev–Trinajstić information content (AvgIpc) is 3.33. The number of anilines is 1. The van der Waals surface area contributed by atoms with Crippen LogP contribution in [-0.2, 0) is 10.4 Å². The molecule has 3 heterocycles. The molecular formula is C18H19F3N6OS. The highest BCUT2D eigenvalue weighted by atomic mass is 32.2. The Morgan fingerprint density at radius 1 is 1.21 bits per heavy atom. The van der Waals surface area contributed by atoms with Crippen molar-refractivity contribution in [2.45, 2.75) is 31.5 Å². The molecule has 7 nitrogen and oxygen atoms in total. The van der Waals surface area contributed by atoms with Crippen molar-refractivity contribution in [3.05, 3.63) is 42.4 Å². The Morgan fingerprint density at radius 2 is 2.03 bits per heavy atom. The largest absolute Gasteiger partial charge is 0.433 e.